The van der Waals surface area contributed by atoms with Crippen molar-refractivity contribution in [2.24, 2.45) is 0 Å². The van der Waals surface area contributed by atoms with Crippen LogP contribution in [0.15, 0.2) is 66.7 Å². The Bertz CT molecular complexity index is 1190. The van der Waals surface area contributed by atoms with E-state index in [-0.39, 0.29) is 29.9 Å². The molecule has 0 fully saturated rings. The second-order valence-electron chi connectivity index (χ2n) is 9.16. The lowest BCUT2D eigenvalue weighted by Gasteiger charge is -2.39. The maximum atomic E-state index is 12.5. The molecule has 3 aromatic rings. The normalized spacial score (nSPS) is 17.3. The molecule has 0 saturated heterocycles. The third-order valence-electron chi connectivity index (χ3n) is 6.10. The van der Waals surface area contributed by atoms with Gasteiger partial charge in [-0.2, -0.15) is 0 Å². The number of carbonyl (C=O) groups excluding carboxylic acids is 2. The van der Waals surface area contributed by atoms with Gasteiger partial charge >= 0.3 is 0 Å². The summed E-state index contributed by atoms with van der Waals surface area (Å²) in [5.41, 5.74) is 5.67. The van der Waals surface area contributed by atoms with Crippen molar-refractivity contribution < 1.29 is 9.59 Å². The van der Waals surface area contributed by atoms with Gasteiger partial charge in [0.15, 0.2) is 0 Å². The Kier molecular flexibility index (Phi) is 6.94. The molecule has 3 aromatic carbocycles. The van der Waals surface area contributed by atoms with E-state index in [1.807, 2.05) is 79.4 Å². The van der Waals surface area contributed by atoms with E-state index in [0.29, 0.717) is 10.6 Å². The highest BCUT2D eigenvalue weighted by Crippen LogP contribution is 2.41. The van der Waals surface area contributed by atoms with Crippen LogP contribution in [0.1, 0.15) is 56.1 Å². The van der Waals surface area contributed by atoms with Crippen LogP contribution in [0.2, 0.25) is 5.02 Å². The van der Waals surface area contributed by atoms with Crippen LogP contribution in [0.5, 0.6) is 0 Å². The van der Waals surface area contributed by atoms with E-state index in [1.54, 1.807) is 6.92 Å². The van der Waals surface area contributed by atoms with Gasteiger partial charge in [-0.3, -0.25) is 9.59 Å². The molecule has 2 atom stereocenters. The fraction of sp³-hybridized carbons (Fsp3) is 0.286. The van der Waals surface area contributed by atoms with Crippen LogP contribution in [0.4, 0.5) is 11.4 Å². The van der Waals surface area contributed by atoms with Gasteiger partial charge in [-0.15, -0.1) is 0 Å². The number of fused-ring (bicyclic) bond motifs is 1. The van der Waals surface area contributed by atoms with Gasteiger partial charge in [0, 0.05) is 41.0 Å². The minimum absolute atomic E-state index is 0.0342. The smallest absolute Gasteiger partial charge is 0.251 e. The first-order chi connectivity index (χ1) is 16.2. The Morgan fingerprint density at radius 3 is 2.24 bits per heavy atom. The van der Waals surface area contributed by atoms with E-state index in [1.165, 1.54) is 0 Å². The number of anilines is 2. The molecule has 0 saturated carbocycles. The molecule has 34 heavy (non-hydrogen) atoms. The van der Waals surface area contributed by atoms with E-state index < -0.39 is 0 Å². The Balaban J connectivity index is 1.69. The molecule has 0 radical (unpaired) electrons. The molecular weight excluding hydrogens is 446 g/mol. The van der Waals surface area contributed by atoms with Crippen LogP contribution in [-0.4, -0.2) is 23.9 Å². The predicted octanol–water partition coefficient (Wildman–Crippen LogP) is 6.44. The Morgan fingerprint density at radius 1 is 0.971 bits per heavy atom. The van der Waals surface area contributed by atoms with Gasteiger partial charge in [0.05, 0.1) is 6.04 Å². The fourth-order valence-corrected chi connectivity index (χ4v) is 4.69. The van der Waals surface area contributed by atoms with Crippen molar-refractivity contribution in [1.29, 1.82) is 0 Å². The average Bonchev–Trinajstić information content (AvgIpc) is 2.79. The number of rotatable bonds is 5. The summed E-state index contributed by atoms with van der Waals surface area (Å²) in [6.07, 6.45) is 0.785. The van der Waals surface area contributed by atoms with Crippen LogP contribution >= 0.6 is 11.6 Å². The number of carbonyl (C=O) groups is 2. The number of nitrogens with zero attached hydrogens (tertiary/aromatic N) is 1. The van der Waals surface area contributed by atoms with Crippen LogP contribution in [0.25, 0.3) is 11.1 Å². The zero-order valence-electron chi connectivity index (χ0n) is 19.9. The number of amides is 2. The number of halogens is 1. The Hall–Kier alpha value is -3.31. The van der Waals surface area contributed by atoms with E-state index in [0.717, 1.165) is 34.5 Å². The summed E-state index contributed by atoms with van der Waals surface area (Å²) in [5.74, 6) is -0.0442. The zero-order valence-corrected chi connectivity index (χ0v) is 20.7. The number of nitrogens with one attached hydrogen (secondary N) is 2. The molecule has 0 aliphatic carbocycles. The van der Waals surface area contributed by atoms with Gasteiger partial charge < -0.3 is 15.5 Å². The summed E-state index contributed by atoms with van der Waals surface area (Å²) in [5, 5.41) is 7.24. The quantitative estimate of drug-likeness (QED) is 0.446. The Labute approximate surface area is 206 Å². The minimum atomic E-state index is -0.0784. The molecule has 0 unspecified atom stereocenters. The molecular formula is C28H30ClN3O2. The van der Waals surface area contributed by atoms with Crippen molar-refractivity contribution >= 4 is 34.8 Å². The highest BCUT2D eigenvalue weighted by molar-refractivity contribution is 6.30. The first-order valence-corrected chi connectivity index (χ1v) is 12.0. The fourth-order valence-electron chi connectivity index (χ4n) is 4.57. The predicted molar refractivity (Wildman–Crippen MR) is 140 cm³/mol. The average molecular weight is 476 g/mol. The first kappa shape index (κ1) is 23.8. The topological polar surface area (TPSA) is 61.4 Å². The minimum Gasteiger partial charge on any atom is -0.378 e. The van der Waals surface area contributed by atoms with Gasteiger partial charge in [-0.05, 0) is 92.4 Å². The highest BCUT2D eigenvalue weighted by Gasteiger charge is 2.32. The molecule has 1 aliphatic heterocycles. The standard InChI is InChI=1S/C28H30ClN3O2/c1-17(2)30-28(34)21-7-5-20(6-8-21)22-9-14-27-25(16-22)26(15-18(3)32(27)19(4)33)31-24-12-10-23(29)11-13-24/h5-14,16-18,26,31H,15H2,1-4H3,(H,30,34)/t18-,26+/m0/s1. The van der Waals surface area contributed by atoms with Gasteiger partial charge in [-0.25, -0.2) is 0 Å². The third kappa shape index (κ3) is 5.10. The molecule has 4 rings (SSSR count). The maximum Gasteiger partial charge on any atom is 0.251 e. The van der Waals surface area contributed by atoms with Gasteiger partial charge in [0.1, 0.15) is 0 Å². The summed E-state index contributed by atoms with van der Waals surface area (Å²) in [7, 11) is 0. The van der Waals surface area contributed by atoms with Crippen LogP contribution in [0, 0.1) is 0 Å². The second kappa shape index (κ2) is 9.90. The number of benzene rings is 3. The number of hydrogen-bond acceptors (Lipinski definition) is 3. The molecule has 5 nitrogen and oxygen atoms in total. The van der Waals surface area contributed by atoms with Crippen molar-refractivity contribution in [3.63, 3.8) is 0 Å². The molecule has 0 spiro atoms. The molecule has 0 aromatic heterocycles. The molecule has 1 aliphatic rings. The van der Waals surface area contributed by atoms with Gasteiger partial charge in [-0.1, -0.05) is 29.8 Å². The first-order valence-electron chi connectivity index (χ1n) is 11.6. The molecule has 0 bridgehead atoms. The lowest BCUT2D eigenvalue weighted by Crippen LogP contribution is -2.43. The van der Waals surface area contributed by atoms with E-state index >= 15 is 0 Å². The third-order valence-corrected chi connectivity index (χ3v) is 6.36. The van der Waals surface area contributed by atoms with Crippen LogP contribution in [-0.2, 0) is 4.79 Å². The second-order valence-corrected chi connectivity index (χ2v) is 9.59. The lowest BCUT2D eigenvalue weighted by atomic mass is 9.88. The van der Waals surface area contributed by atoms with Crippen molar-refractivity contribution in [3.8, 4) is 11.1 Å². The summed E-state index contributed by atoms with van der Waals surface area (Å²) in [6.45, 7) is 7.58. The highest BCUT2D eigenvalue weighted by atomic mass is 35.5. The zero-order chi connectivity index (χ0) is 24.4. The van der Waals surface area contributed by atoms with Crippen LogP contribution in [0.3, 0.4) is 0 Å². The van der Waals surface area contributed by atoms with Crippen molar-refractivity contribution in [1.82, 2.24) is 5.32 Å². The van der Waals surface area contributed by atoms with Crippen molar-refractivity contribution in [3.05, 3.63) is 82.9 Å². The van der Waals surface area contributed by atoms with Crippen molar-refractivity contribution in [2.75, 3.05) is 10.2 Å². The van der Waals surface area contributed by atoms with E-state index in [4.69, 9.17) is 11.6 Å². The Morgan fingerprint density at radius 2 is 1.62 bits per heavy atom. The van der Waals surface area contributed by atoms with E-state index in [2.05, 4.69) is 23.6 Å². The van der Waals surface area contributed by atoms with Crippen LogP contribution < -0.4 is 15.5 Å². The summed E-state index contributed by atoms with van der Waals surface area (Å²) in [6, 6.07) is 21.7. The summed E-state index contributed by atoms with van der Waals surface area (Å²) >= 11 is 6.06. The molecule has 6 heteroatoms. The molecule has 176 valence electrons. The van der Waals surface area contributed by atoms with E-state index in [9.17, 15) is 9.59 Å². The van der Waals surface area contributed by atoms with Gasteiger partial charge in [0.25, 0.3) is 5.91 Å². The number of hydrogen-bond donors (Lipinski definition) is 2. The summed E-state index contributed by atoms with van der Waals surface area (Å²) in [4.78, 5) is 26.6. The molecule has 2 N–H and O–H groups in total. The molecule has 1 heterocycles. The SMILES string of the molecule is CC(=O)N1c2ccc(-c3ccc(C(=O)NC(C)C)cc3)cc2[C@H](Nc2ccc(Cl)cc2)C[C@@H]1C. The summed E-state index contributed by atoms with van der Waals surface area (Å²) < 4.78 is 0. The maximum absolute atomic E-state index is 12.5. The van der Waals surface area contributed by atoms with Crippen molar-refractivity contribution in [2.45, 2.75) is 52.2 Å². The lowest BCUT2D eigenvalue weighted by molar-refractivity contribution is -0.117. The molecule has 2 amide bonds. The largest absolute Gasteiger partial charge is 0.378 e. The monoisotopic (exact) mass is 475 g/mol. The van der Waals surface area contributed by atoms with Gasteiger partial charge in [0.2, 0.25) is 5.91 Å².